The molecule has 1 aliphatic carbocycles. The molecule has 1 fully saturated rings. The van der Waals surface area contributed by atoms with Gasteiger partial charge in [-0.2, -0.15) is 0 Å². The molecule has 3 N–H and O–H groups in total. The number of rotatable bonds is 9. The van der Waals surface area contributed by atoms with Gasteiger partial charge in [0.05, 0.1) is 6.54 Å². The first-order valence-electron chi connectivity index (χ1n) is 10.9. The molecule has 0 spiro atoms. The Kier molecular flexibility index (Phi) is 6.70. The Bertz CT molecular complexity index is 1060. The van der Waals surface area contributed by atoms with Crippen LogP contribution < -0.4 is 15.5 Å². The van der Waals surface area contributed by atoms with Crippen LogP contribution in [0.5, 0.6) is 5.75 Å². The molecule has 0 heterocycles. The number of amides is 2. The number of phenolic OH excluding ortho intramolecular Hbond substituents is 1. The maximum absolute atomic E-state index is 12.8. The first-order chi connectivity index (χ1) is 15.6. The van der Waals surface area contributed by atoms with Crippen molar-refractivity contribution < 1.29 is 14.7 Å². The summed E-state index contributed by atoms with van der Waals surface area (Å²) in [5, 5.41) is 15.5. The Morgan fingerprint density at radius 2 is 1.69 bits per heavy atom. The fourth-order valence-electron chi connectivity index (χ4n) is 3.48. The van der Waals surface area contributed by atoms with Crippen molar-refractivity contribution in [3.05, 3.63) is 90.0 Å². The van der Waals surface area contributed by atoms with Gasteiger partial charge >= 0.3 is 0 Å². The zero-order valence-electron chi connectivity index (χ0n) is 17.8. The van der Waals surface area contributed by atoms with Crippen molar-refractivity contribution in [2.24, 2.45) is 0 Å². The number of phenols is 1. The second-order valence-electron chi connectivity index (χ2n) is 8.05. The van der Waals surface area contributed by atoms with E-state index in [4.69, 9.17) is 0 Å². The standard InChI is InChI=1S/C26H27N3O3/c30-24-13-11-23(12-14-24)29(16-15-19-5-2-1-3-6-19)18-25(31)27-22-8-4-7-20(17-22)26(32)28-21-9-10-21/h1-8,11-14,17,21,30H,9-10,15-16,18H2,(H,27,31)(H,28,32). The summed E-state index contributed by atoms with van der Waals surface area (Å²) in [5.74, 6) is -0.106. The van der Waals surface area contributed by atoms with Crippen LogP contribution in [0.25, 0.3) is 0 Å². The summed E-state index contributed by atoms with van der Waals surface area (Å²) < 4.78 is 0. The molecule has 6 nitrogen and oxygen atoms in total. The summed E-state index contributed by atoms with van der Waals surface area (Å²) in [6.45, 7) is 0.794. The van der Waals surface area contributed by atoms with Crippen molar-refractivity contribution in [2.45, 2.75) is 25.3 Å². The first kappa shape index (κ1) is 21.4. The summed E-state index contributed by atoms with van der Waals surface area (Å²) in [4.78, 5) is 27.1. The summed E-state index contributed by atoms with van der Waals surface area (Å²) in [6.07, 6.45) is 2.84. The number of carbonyl (C=O) groups is 2. The second-order valence-corrected chi connectivity index (χ2v) is 8.05. The van der Waals surface area contributed by atoms with E-state index in [1.165, 1.54) is 5.56 Å². The summed E-state index contributed by atoms with van der Waals surface area (Å²) in [5.41, 5.74) is 3.17. The van der Waals surface area contributed by atoms with Gasteiger partial charge in [-0.3, -0.25) is 9.59 Å². The molecule has 0 bridgehead atoms. The largest absolute Gasteiger partial charge is 0.508 e. The Labute approximate surface area is 187 Å². The van der Waals surface area contributed by atoms with Crippen LogP contribution in [0.3, 0.4) is 0 Å². The fraction of sp³-hybridized carbons (Fsp3) is 0.231. The molecule has 6 heteroatoms. The van der Waals surface area contributed by atoms with Gasteiger partial charge in [0.2, 0.25) is 5.91 Å². The van der Waals surface area contributed by atoms with Crippen LogP contribution in [0.4, 0.5) is 11.4 Å². The van der Waals surface area contributed by atoms with Gasteiger partial charge in [-0.15, -0.1) is 0 Å². The lowest BCUT2D eigenvalue weighted by Crippen LogP contribution is -2.35. The molecular weight excluding hydrogens is 402 g/mol. The third-order valence-corrected chi connectivity index (χ3v) is 5.38. The Hall–Kier alpha value is -3.80. The van der Waals surface area contributed by atoms with Crippen LogP contribution >= 0.6 is 0 Å². The van der Waals surface area contributed by atoms with Gasteiger partial charge in [0.15, 0.2) is 0 Å². The monoisotopic (exact) mass is 429 g/mol. The lowest BCUT2D eigenvalue weighted by atomic mass is 10.1. The first-order valence-corrected chi connectivity index (χ1v) is 10.9. The minimum atomic E-state index is -0.175. The quantitative estimate of drug-likeness (QED) is 0.481. The molecule has 0 radical (unpaired) electrons. The third kappa shape index (κ3) is 6.11. The molecule has 0 aromatic heterocycles. The van der Waals surface area contributed by atoms with Crippen LogP contribution in [-0.2, 0) is 11.2 Å². The van der Waals surface area contributed by atoms with Crippen molar-refractivity contribution in [2.75, 3.05) is 23.3 Å². The van der Waals surface area contributed by atoms with E-state index in [0.29, 0.717) is 17.8 Å². The predicted molar refractivity (Wildman–Crippen MR) is 126 cm³/mol. The Morgan fingerprint density at radius 1 is 0.938 bits per heavy atom. The van der Waals surface area contributed by atoms with E-state index in [1.54, 1.807) is 48.5 Å². The van der Waals surface area contributed by atoms with E-state index >= 15 is 0 Å². The number of carbonyl (C=O) groups excluding carboxylic acids is 2. The van der Waals surface area contributed by atoms with Crippen LogP contribution in [0, 0.1) is 0 Å². The zero-order valence-corrected chi connectivity index (χ0v) is 17.8. The SMILES string of the molecule is O=C(CN(CCc1ccccc1)c1ccc(O)cc1)Nc1cccc(C(=O)NC2CC2)c1. The number of nitrogens with zero attached hydrogens (tertiary/aromatic N) is 1. The fourth-order valence-corrected chi connectivity index (χ4v) is 3.48. The van der Waals surface area contributed by atoms with Gasteiger partial charge in [0.1, 0.15) is 5.75 Å². The molecule has 1 saturated carbocycles. The number of aromatic hydroxyl groups is 1. The topological polar surface area (TPSA) is 81.7 Å². The molecule has 0 saturated heterocycles. The van der Waals surface area contributed by atoms with Crippen molar-refractivity contribution in [1.29, 1.82) is 0 Å². The molecule has 1 aliphatic rings. The molecule has 164 valence electrons. The second kappa shape index (κ2) is 10.0. The molecule has 3 aromatic rings. The average Bonchev–Trinajstić information content (AvgIpc) is 3.62. The predicted octanol–water partition coefficient (Wildman–Crippen LogP) is 3.97. The third-order valence-electron chi connectivity index (χ3n) is 5.38. The van der Waals surface area contributed by atoms with Crippen molar-refractivity contribution in [3.63, 3.8) is 0 Å². The van der Waals surface area contributed by atoms with E-state index in [2.05, 4.69) is 22.8 Å². The smallest absolute Gasteiger partial charge is 0.251 e. The van der Waals surface area contributed by atoms with E-state index in [0.717, 1.165) is 24.9 Å². The molecule has 0 atom stereocenters. The molecule has 0 aliphatic heterocycles. The maximum atomic E-state index is 12.8. The normalized spacial score (nSPS) is 12.8. The number of hydrogen-bond donors (Lipinski definition) is 3. The minimum absolute atomic E-state index is 0.114. The Morgan fingerprint density at radius 3 is 2.41 bits per heavy atom. The molecular formula is C26H27N3O3. The van der Waals surface area contributed by atoms with Gasteiger partial charge in [0.25, 0.3) is 5.91 Å². The Balaban J connectivity index is 1.42. The molecule has 3 aromatic carbocycles. The maximum Gasteiger partial charge on any atom is 0.251 e. The lowest BCUT2D eigenvalue weighted by Gasteiger charge is -2.24. The summed E-state index contributed by atoms with van der Waals surface area (Å²) >= 11 is 0. The van der Waals surface area contributed by atoms with Gasteiger partial charge in [0, 0.05) is 29.5 Å². The van der Waals surface area contributed by atoms with E-state index in [1.807, 2.05) is 23.1 Å². The molecule has 0 unspecified atom stereocenters. The zero-order chi connectivity index (χ0) is 22.3. The molecule has 32 heavy (non-hydrogen) atoms. The van der Waals surface area contributed by atoms with Crippen molar-refractivity contribution in [1.82, 2.24) is 5.32 Å². The minimum Gasteiger partial charge on any atom is -0.508 e. The molecule has 2 amide bonds. The van der Waals surface area contributed by atoms with Crippen molar-refractivity contribution >= 4 is 23.2 Å². The molecule has 4 rings (SSSR count). The van der Waals surface area contributed by atoms with Crippen molar-refractivity contribution in [3.8, 4) is 5.75 Å². The van der Waals surface area contributed by atoms with Gasteiger partial charge in [-0.1, -0.05) is 36.4 Å². The lowest BCUT2D eigenvalue weighted by molar-refractivity contribution is -0.115. The van der Waals surface area contributed by atoms with Crippen LogP contribution in [-0.4, -0.2) is 36.1 Å². The van der Waals surface area contributed by atoms with Gasteiger partial charge < -0.3 is 20.6 Å². The number of anilines is 2. The van der Waals surface area contributed by atoms with Gasteiger partial charge in [-0.25, -0.2) is 0 Å². The van der Waals surface area contributed by atoms with Gasteiger partial charge in [-0.05, 0) is 67.3 Å². The van der Waals surface area contributed by atoms with E-state index in [9.17, 15) is 14.7 Å². The highest BCUT2D eigenvalue weighted by molar-refractivity contribution is 5.98. The summed E-state index contributed by atoms with van der Waals surface area (Å²) in [6, 6.07) is 24.2. The summed E-state index contributed by atoms with van der Waals surface area (Å²) in [7, 11) is 0. The van der Waals surface area contributed by atoms with Crippen LogP contribution in [0.1, 0.15) is 28.8 Å². The highest BCUT2D eigenvalue weighted by atomic mass is 16.3. The van der Waals surface area contributed by atoms with Crippen LogP contribution in [0.15, 0.2) is 78.9 Å². The number of hydrogen-bond acceptors (Lipinski definition) is 4. The number of nitrogens with one attached hydrogen (secondary N) is 2. The van der Waals surface area contributed by atoms with E-state index in [-0.39, 0.29) is 30.2 Å². The highest BCUT2D eigenvalue weighted by Crippen LogP contribution is 2.21. The van der Waals surface area contributed by atoms with Crippen LogP contribution in [0.2, 0.25) is 0 Å². The van der Waals surface area contributed by atoms with E-state index < -0.39 is 0 Å². The number of benzene rings is 3. The highest BCUT2D eigenvalue weighted by Gasteiger charge is 2.23. The average molecular weight is 430 g/mol.